The van der Waals surface area contributed by atoms with Crippen LogP contribution in [-0.2, 0) is 16.1 Å². The highest BCUT2D eigenvalue weighted by Gasteiger charge is 2.15. The van der Waals surface area contributed by atoms with Gasteiger partial charge in [0.2, 0.25) is 5.82 Å². The number of amides is 1. The zero-order valence-electron chi connectivity index (χ0n) is 13.6. The van der Waals surface area contributed by atoms with E-state index < -0.39 is 5.91 Å². The number of hydrogen-bond acceptors (Lipinski definition) is 6. The lowest BCUT2D eigenvalue weighted by molar-refractivity contribution is -0.119. The normalized spacial score (nSPS) is 10.6. The molecule has 2 N–H and O–H groups in total. The quantitative estimate of drug-likeness (QED) is 0.709. The summed E-state index contributed by atoms with van der Waals surface area (Å²) in [4.78, 5) is 15.3. The van der Waals surface area contributed by atoms with Gasteiger partial charge in [0.25, 0.3) is 11.8 Å². The summed E-state index contributed by atoms with van der Waals surface area (Å²) < 4.78 is 15.8. The lowest BCUT2D eigenvalue weighted by atomic mass is 10.1. The predicted molar refractivity (Wildman–Crippen MR) is 90.6 cm³/mol. The third-order valence-electron chi connectivity index (χ3n) is 3.44. The van der Waals surface area contributed by atoms with Crippen LogP contribution in [0.2, 0.25) is 0 Å². The standard InChI is InChI=1S/C18H17N3O4/c1-23-10-12-6-8-13(9-7-12)17-20-18(25-21-17)14-4-2-3-5-15(14)24-11-16(19)22/h2-9H,10-11H2,1H3,(H2,19,22). The minimum atomic E-state index is -0.558. The number of nitrogens with two attached hydrogens (primary N) is 1. The molecule has 7 nitrogen and oxygen atoms in total. The number of ether oxygens (including phenoxy) is 2. The average Bonchev–Trinajstić information content (AvgIpc) is 3.11. The van der Waals surface area contributed by atoms with Crippen molar-refractivity contribution >= 4 is 5.91 Å². The van der Waals surface area contributed by atoms with E-state index in [2.05, 4.69) is 10.1 Å². The van der Waals surface area contributed by atoms with Crippen molar-refractivity contribution in [3.63, 3.8) is 0 Å². The number of carbonyl (C=O) groups is 1. The lowest BCUT2D eigenvalue weighted by Gasteiger charge is -2.06. The van der Waals surface area contributed by atoms with Gasteiger partial charge in [0, 0.05) is 12.7 Å². The van der Waals surface area contributed by atoms with Gasteiger partial charge in [-0.25, -0.2) is 0 Å². The number of benzene rings is 2. The molecule has 0 aliphatic carbocycles. The molecule has 0 radical (unpaired) electrons. The molecular weight excluding hydrogens is 322 g/mol. The zero-order chi connectivity index (χ0) is 17.6. The SMILES string of the molecule is COCc1ccc(-c2noc(-c3ccccc3OCC(N)=O)n2)cc1. The van der Waals surface area contributed by atoms with Gasteiger partial charge in [-0.3, -0.25) is 4.79 Å². The monoisotopic (exact) mass is 339 g/mol. The van der Waals surface area contributed by atoms with Gasteiger partial charge in [-0.2, -0.15) is 4.98 Å². The van der Waals surface area contributed by atoms with Crippen LogP contribution < -0.4 is 10.5 Å². The van der Waals surface area contributed by atoms with Gasteiger partial charge in [0.05, 0.1) is 12.2 Å². The van der Waals surface area contributed by atoms with Crippen LogP contribution in [0.1, 0.15) is 5.56 Å². The van der Waals surface area contributed by atoms with Crippen LogP contribution in [0.15, 0.2) is 53.1 Å². The Bertz CT molecular complexity index is 859. The van der Waals surface area contributed by atoms with Crippen LogP contribution in [0.4, 0.5) is 0 Å². The van der Waals surface area contributed by atoms with Gasteiger partial charge in [0.15, 0.2) is 6.61 Å². The Labute approximate surface area is 144 Å². The number of methoxy groups -OCH3 is 1. The maximum absolute atomic E-state index is 10.9. The zero-order valence-corrected chi connectivity index (χ0v) is 13.6. The molecule has 0 unspecified atom stereocenters. The second kappa shape index (κ2) is 7.59. The lowest BCUT2D eigenvalue weighted by Crippen LogP contribution is -2.20. The first-order chi connectivity index (χ1) is 12.2. The van der Waals surface area contributed by atoms with Crippen LogP contribution in [-0.4, -0.2) is 29.8 Å². The summed E-state index contributed by atoms with van der Waals surface area (Å²) in [5.41, 5.74) is 7.59. The first-order valence-electron chi connectivity index (χ1n) is 7.60. The van der Waals surface area contributed by atoms with Crippen molar-refractivity contribution < 1.29 is 18.8 Å². The summed E-state index contributed by atoms with van der Waals surface area (Å²) in [6.45, 7) is 0.321. The molecule has 0 aliphatic heterocycles. The van der Waals surface area contributed by atoms with Gasteiger partial charge < -0.3 is 19.7 Å². The Balaban J connectivity index is 1.85. The van der Waals surface area contributed by atoms with E-state index in [1.807, 2.05) is 30.3 Å². The fourth-order valence-electron chi connectivity index (χ4n) is 2.28. The van der Waals surface area contributed by atoms with E-state index in [0.29, 0.717) is 29.6 Å². The molecule has 3 rings (SSSR count). The topological polar surface area (TPSA) is 100 Å². The van der Waals surface area contributed by atoms with Gasteiger partial charge in [0.1, 0.15) is 5.75 Å². The Hall–Kier alpha value is -3.19. The minimum absolute atomic E-state index is 0.223. The number of carbonyl (C=O) groups excluding carboxylic acids is 1. The van der Waals surface area contributed by atoms with Crippen LogP contribution in [0.5, 0.6) is 5.75 Å². The van der Waals surface area contributed by atoms with Crippen LogP contribution in [0.25, 0.3) is 22.8 Å². The summed E-state index contributed by atoms with van der Waals surface area (Å²) in [5.74, 6) is 0.656. The summed E-state index contributed by atoms with van der Waals surface area (Å²) >= 11 is 0. The molecule has 0 saturated heterocycles. The smallest absolute Gasteiger partial charge is 0.262 e. The molecule has 25 heavy (non-hydrogen) atoms. The highest BCUT2D eigenvalue weighted by molar-refractivity contribution is 5.76. The van der Waals surface area contributed by atoms with Crippen molar-refractivity contribution in [3.05, 3.63) is 54.1 Å². The molecule has 0 aliphatic rings. The third kappa shape index (κ3) is 4.02. The molecule has 1 amide bonds. The summed E-state index contributed by atoms with van der Waals surface area (Å²) in [7, 11) is 1.65. The number of primary amides is 1. The Morgan fingerprint density at radius 3 is 2.64 bits per heavy atom. The number of hydrogen-bond donors (Lipinski definition) is 1. The number of aromatic nitrogens is 2. The fraction of sp³-hybridized carbons (Fsp3) is 0.167. The van der Waals surface area contributed by atoms with Gasteiger partial charge in [-0.1, -0.05) is 41.6 Å². The molecule has 128 valence electrons. The number of para-hydroxylation sites is 1. The summed E-state index contributed by atoms with van der Waals surface area (Å²) in [6, 6.07) is 14.8. The minimum Gasteiger partial charge on any atom is -0.483 e. The van der Waals surface area contributed by atoms with Crippen molar-refractivity contribution in [2.45, 2.75) is 6.61 Å². The predicted octanol–water partition coefficient (Wildman–Crippen LogP) is 2.41. The Morgan fingerprint density at radius 2 is 1.92 bits per heavy atom. The second-order valence-electron chi connectivity index (χ2n) is 5.30. The molecular formula is C18H17N3O4. The Kier molecular flexibility index (Phi) is 5.06. The molecule has 0 saturated carbocycles. The molecule has 0 bridgehead atoms. The highest BCUT2D eigenvalue weighted by atomic mass is 16.5. The van der Waals surface area contributed by atoms with E-state index in [1.165, 1.54) is 0 Å². The van der Waals surface area contributed by atoms with Gasteiger partial charge in [-0.05, 0) is 17.7 Å². The van der Waals surface area contributed by atoms with E-state index in [9.17, 15) is 4.79 Å². The van der Waals surface area contributed by atoms with E-state index in [-0.39, 0.29) is 6.61 Å². The van der Waals surface area contributed by atoms with Crippen molar-refractivity contribution in [3.8, 4) is 28.6 Å². The molecule has 0 spiro atoms. The van der Waals surface area contributed by atoms with E-state index in [4.69, 9.17) is 19.7 Å². The van der Waals surface area contributed by atoms with E-state index in [0.717, 1.165) is 11.1 Å². The first-order valence-corrected chi connectivity index (χ1v) is 7.60. The summed E-state index contributed by atoms with van der Waals surface area (Å²) in [6.07, 6.45) is 0. The Morgan fingerprint density at radius 1 is 1.16 bits per heavy atom. The fourth-order valence-corrected chi connectivity index (χ4v) is 2.28. The van der Waals surface area contributed by atoms with Gasteiger partial charge in [-0.15, -0.1) is 0 Å². The van der Waals surface area contributed by atoms with E-state index >= 15 is 0 Å². The second-order valence-corrected chi connectivity index (χ2v) is 5.30. The number of nitrogens with zero attached hydrogens (tertiary/aromatic N) is 2. The average molecular weight is 339 g/mol. The van der Waals surface area contributed by atoms with Crippen LogP contribution in [0, 0.1) is 0 Å². The first kappa shape index (κ1) is 16.7. The number of rotatable bonds is 7. The molecule has 1 aromatic heterocycles. The highest BCUT2D eigenvalue weighted by Crippen LogP contribution is 2.30. The van der Waals surface area contributed by atoms with Gasteiger partial charge >= 0.3 is 0 Å². The third-order valence-corrected chi connectivity index (χ3v) is 3.44. The molecule has 0 fully saturated rings. The van der Waals surface area contributed by atoms with Crippen molar-refractivity contribution in [1.29, 1.82) is 0 Å². The molecule has 1 heterocycles. The molecule has 7 heteroatoms. The summed E-state index contributed by atoms with van der Waals surface area (Å²) in [5, 5.41) is 4.01. The van der Waals surface area contributed by atoms with Crippen molar-refractivity contribution in [2.75, 3.05) is 13.7 Å². The molecule has 3 aromatic rings. The maximum atomic E-state index is 10.9. The van der Waals surface area contributed by atoms with Crippen LogP contribution >= 0.6 is 0 Å². The van der Waals surface area contributed by atoms with Crippen molar-refractivity contribution in [1.82, 2.24) is 10.1 Å². The maximum Gasteiger partial charge on any atom is 0.262 e. The van der Waals surface area contributed by atoms with E-state index in [1.54, 1.807) is 25.3 Å². The molecule has 2 aromatic carbocycles. The van der Waals surface area contributed by atoms with Crippen molar-refractivity contribution in [2.24, 2.45) is 5.73 Å². The molecule has 0 atom stereocenters. The largest absolute Gasteiger partial charge is 0.483 e. The van der Waals surface area contributed by atoms with Crippen LogP contribution in [0.3, 0.4) is 0 Å².